The van der Waals surface area contributed by atoms with Crippen LogP contribution in [0.1, 0.15) is 12.8 Å². The molecule has 5 heavy (non-hydrogen) atoms. The summed E-state index contributed by atoms with van der Waals surface area (Å²) in [5, 5.41) is 0. The topological polar surface area (TPSA) is 26.0 Å². The first-order valence-electron chi connectivity index (χ1n) is 1.89. The quantitative estimate of drug-likeness (QED) is 0.470. The lowest BCUT2D eigenvalue weighted by Gasteiger charge is -1.75. The van der Waals surface area contributed by atoms with Crippen molar-refractivity contribution < 1.29 is 0 Å². The van der Waals surface area contributed by atoms with E-state index >= 15 is 0 Å². The fourth-order valence-electron chi connectivity index (χ4n) is 0.250. The zero-order valence-corrected chi connectivity index (χ0v) is 4.07. The number of nitrogens with two attached hydrogens (primary N) is 1. The van der Waals surface area contributed by atoms with E-state index in [0.717, 1.165) is 14.4 Å². The van der Waals surface area contributed by atoms with Crippen LogP contribution in [0.4, 0.5) is 0 Å². The minimum absolute atomic E-state index is 0.725. The van der Waals surface area contributed by atoms with Crippen molar-refractivity contribution in [3.8, 4) is 0 Å². The third kappa shape index (κ3) is 0.863. The summed E-state index contributed by atoms with van der Waals surface area (Å²) in [7, 11) is 0.725. The van der Waals surface area contributed by atoms with Crippen LogP contribution in [0, 0.1) is 0 Å². The second-order valence-corrected chi connectivity index (χ2v) is 2.59. The van der Waals surface area contributed by atoms with Crippen molar-refractivity contribution in [1.29, 1.82) is 0 Å². The fourth-order valence-corrected chi connectivity index (χ4v) is 0.750. The van der Waals surface area contributed by atoms with Gasteiger partial charge in [-0.25, -0.2) is 0 Å². The molecule has 0 aliphatic heterocycles. The Bertz CT molecular complexity index is 33.9. The third-order valence-corrected chi connectivity index (χ3v) is 1.86. The molecule has 0 radical (unpaired) electrons. The van der Waals surface area contributed by atoms with Crippen LogP contribution in [0.5, 0.6) is 0 Å². The Morgan fingerprint density at radius 1 is 1.60 bits per heavy atom. The Hall–Kier alpha value is 0.390. The summed E-state index contributed by atoms with van der Waals surface area (Å²) < 4.78 is 0. The summed E-state index contributed by atoms with van der Waals surface area (Å²) in [6.07, 6.45) is 2.80. The van der Waals surface area contributed by atoms with E-state index in [1.54, 1.807) is 0 Å². The third-order valence-electron chi connectivity index (χ3n) is 0.813. The summed E-state index contributed by atoms with van der Waals surface area (Å²) in [5.74, 6) is 0. The molecule has 1 nitrogen and oxygen atoms in total. The van der Waals surface area contributed by atoms with E-state index in [4.69, 9.17) is 5.50 Å². The van der Waals surface area contributed by atoms with Crippen LogP contribution in [-0.2, 0) is 0 Å². The van der Waals surface area contributed by atoms with Gasteiger partial charge in [-0.05, 0) is 18.5 Å². The molecule has 1 unspecified atom stereocenters. The lowest BCUT2D eigenvalue weighted by molar-refractivity contribution is 1.49. The molecule has 0 aromatic heterocycles. The lowest BCUT2D eigenvalue weighted by atomic mass is 11.0. The first-order chi connectivity index (χ1) is 2.43. The van der Waals surface area contributed by atoms with E-state index in [1.807, 2.05) is 0 Å². The molecule has 1 atom stereocenters. The first-order valence-corrected chi connectivity index (χ1v) is 3.05. The molecular formula is C3H8NP. The summed E-state index contributed by atoms with van der Waals surface area (Å²) in [5.41, 5.74) is 6.20. The second-order valence-electron chi connectivity index (χ2n) is 1.44. The Kier molecular flexibility index (Phi) is 0.884. The van der Waals surface area contributed by atoms with Gasteiger partial charge in [-0.15, -0.1) is 0 Å². The predicted octanol–water partition coefficient (Wildman–Crippen LogP) is 0.701. The fraction of sp³-hybridized carbons (Fsp3) is 1.00. The van der Waals surface area contributed by atoms with Crippen LogP contribution in [0.15, 0.2) is 0 Å². The molecule has 30 valence electrons. The van der Waals surface area contributed by atoms with Gasteiger partial charge in [-0.3, -0.25) is 0 Å². The molecule has 0 aromatic carbocycles. The van der Waals surface area contributed by atoms with Gasteiger partial charge < -0.3 is 5.50 Å². The number of hydrogen-bond acceptors (Lipinski definition) is 1. The van der Waals surface area contributed by atoms with Gasteiger partial charge in [-0.2, -0.15) is 0 Å². The van der Waals surface area contributed by atoms with Crippen LogP contribution < -0.4 is 5.50 Å². The zero-order chi connectivity index (χ0) is 3.70. The highest BCUT2D eigenvalue weighted by molar-refractivity contribution is 7.36. The van der Waals surface area contributed by atoms with Gasteiger partial charge in [0.25, 0.3) is 0 Å². The second kappa shape index (κ2) is 1.24. The Morgan fingerprint density at radius 3 is 2.20 bits per heavy atom. The summed E-state index contributed by atoms with van der Waals surface area (Å²) in [4.78, 5) is 0. The molecule has 0 spiro atoms. The lowest BCUT2D eigenvalue weighted by Crippen LogP contribution is -1.73. The number of hydrogen-bond donors (Lipinski definition) is 1. The zero-order valence-electron chi connectivity index (χ0n) is 3.07. The van der Waals surface area contributed by atoms with Crippen molar-refractivity contribution in [3.63, 3.8) is 0 Å². The molecule has 0 aromatic rings. The van der Waals surface area contributed by atoms with Crippen LogP contribution >= 0.6 is 8.73 Å². The van der Waals surface area contributed by atoms with E-state index in [9.17, 15) is 0 Å². The van der Waals surface area contributed by atoms with Gasteiger partial charge in [0, 0.05) is 0 Å². The van der Waals surface area contributed by atoms with Gasteiger partial charge in [0.2, 0.25) is 0 Å². The summed E-state index contributed by atoms with van der Waals surface area (Å²) in [6.45, 7) is 0. The van der Waals surface area contributed by atoms with Crippen LogP contribution in [0.25, 0.3) is 0 Å². The van der Waals surface area contributed by atoms with E-state index in [2.05, 4.69) is 0 Å². The van der Waals surface area contributed by atoms with Gasteiger partial charge in [-0.1, -0.05) is 8.73 Å². The van der Waals surface area contributed by atoms with Crippen molar-refractivity contribution in [3.05, 3.63) is 0 Å². The van der Waals surface area contributed by atoms with E-state index < -0.39 is 0 Å². The van der Waals surface area contributed by atoms with Gasteiger partial charge >= 0.3 is 0 Å². The Morgan fingerprint density at radius 2 is 2.20 bits per heavy atom. The normalized spacial score (nSPS) is 25.8. The monoisotopic (exact) mass is 89.0 g/mol. The highest BCUT2D eigenvalue weighted by Crippen LogP contribution is 2.33. The maximum absolute atomic E-state index is 5.26. The molecule has 1 fully saturated rings. The van der Waals surface area contributed by atoms with Crippen LogP contribution in [-0.4, -0.2) is 5.66 Å². The minimum atomic E-state index is 0.725. The van der Waals surface area contributed by atoms with Gasteiger partial charge in [0.15, 0.2) is 0 Å². The van der Waals surface area contributed by atoms with E-state index in [-0.39, 0.29) is 0 Å². The van der Waals surface area contributed by atoms with E-state index in [0.29, 0.717) is 0 Å². The average molecular weight is 89.1 g/mol. The Balaban J connectivity index is 2.00. The highest BCUT2D eigenvalue weighted by atomic mass is 31.1. The molecule has 2 N–H and O–H groups in total. The molecule has 2 heteroatoms. The van der Waals surface area contributed by atoms with E-state index in [1.165, 1.54) is 12.8 Å². The maximum Gasteiger partial charge on any atom is -0.0108 e. The molecule has 1 saturated carbocycles. The summed E-state index contributed by atoms with van der Waals surface area (Å²) >= 11 is 0. The SMILES string of the molecule is NPC1CC1. The molecular weight excluding hydrogens is 81.0 g/mol. The molecule has 0 amide bonds. The molecule has 1 rings (SSSR count). The first kappa shape index (κ1) is 3.58. The largest absolute Gasteiger partial charge is 0.312 e. The van der Waals surface area contributed by atoms with Crippen molar-refractivity contribution in [2.45, 2.75) is 18.5 Å². The van der Waals surface area contributed by atoms with Crippen molar-refractivity contribution in [2.75, 3.05) is 0 Å². The predicted molar refractivity (Wildman–Crippen MR) is 25.5 cm³/mol. The Labute approximate surface area is 33.8 Å². The smallest absolute Gasteiger partial charge is 0.0108 e. The van der Waals surface area contributed by atoms with Crippen LogP contribution in [0.2, 0.25) is 0 Å². The highest BCUT2D eigenvalue weighted by Gasteiger charge is 2.18. The van der Waals surface area contributed by atoms with Crippen molar-refractivity contribution in [2.24, 2.45) is 5.50 Å². The number of rotatable bonds is 1. The minimum Gasteiger partial charge on any atom is -0.312 e. The van der Waals surface area contributed by atoms with Gasteiger partial charge in [0.05, 0.1) is 0 Å². The average Bonchev–Trinajstić information content (AvgIpc) is 2.12. The molecule has 0 saturated heterocycles. The molecule has 0 heterocycles. The standard InChI is InChI=1S/C3H8NP/c4-5-3-1-2-3/h3,5H,1-2,4H2. The van der Waals surface area contributed by atoms with Crippen molar-refractivity contribution in [1.82, 2.24) is 0 Å². The molecule has 0 bridgehead atoms. The van der Waals surface area contributed by atoms with Crippen LogP contribution in [0.3, 0.4) is 0 Å². The summed E-state index contributed by atoms with van der Waals surface area (Å²) in [6, 6.07) is 0. The molecule has 1 aliphatic carbocycles. The van der Waals surface area contributed by atoms with Gasteiger partial charge in [0.1, 0.15) is 0 Å². The molecule has 1 aliphatic rings. The van der Waals surface area contributed by atoms with Crippen molar-refractivity contribution >= 4 is 8.73 Å². The maximum atomic E-state index is 5.26.